The van der Waals surface area contributed by atoms with E-state index in [1.165, 1.54) is 22.7 Å². The number of thioether (sulfide) groups is 1. The highest BCUT2D eigenvalue weighted by molar-refractivity contribution is 8.00. The number of nitrogens with one attached hydrogen (secondary N) is 2. The number of carbonyl (C=O) groups is 2. The second-order valence-corrected chi connectivity index (χ2v) is 10.5. The van der Waals surface area contributed by atoms with Gasteiger partial charge in [-0.1, -0.05) is 49.4 Å². The zero-order valence-corrected chi connectivity index (χ0v) is 22.8. The van der Waals surface area contributed by atoms with Gasteiger partial charge in [0.15, 0.2) is 6.61 Å². The number of rotatable bonds is 10. The third-order valence-electron chi connectivity index (χ3n) is 6.53. The molecule has 0 spiro atoms. The van der Waals surface area contributed by atoms with Gasteiger partial charge in [0.25, 0.3) is 5.91 Å². The molecule has 1 heterocycles. The van der Waals surface area contributed by atoms with Crippen molar-refractivity contribution >= 4 is 56.8 Å². The first-order valence-electron chi connectivity index (χ1n) is 13.1. The first kappa shape index (κ1) is 26.4. The summed E-state index contributed by atoms with van der Waals surface area (Å²) in [7, 11) is 0. The van der Waals surface area contributed by atoms with Crippen molar-refractivity contribution in [3.8, 4) is 5.75 Å². The van der Waals surface area contributed by atoms with Gasteiger partial charge in [0.1, 0.15) is 5.75 Å². The molecule has 0 aliphatic rings. The molecular weight excluding hydrogens is 506 g/mol. The molecular formula is C32H31N3O3S. The van der Waals surface area contributed by atoms with Crippen LogP contribution in [0.4, 0.5) is 11.4 Å². The Morgan fingerprint density at radius 1 is 0.795 bits per heavy atom. The second-order valence-electron chi connectivity index (χ2n) is 9.18. The van der Waals surface area contributed by atoms with Gasteiger partial charge in [0.2, 0.25) is 5.91 Å². The Balaban J connectivity index is 1.24. The van der Waals surface area contributed by atoms with Gasteiger partial charge in [0.05, 0.1) is 5.25 Å². The van der Waals surface area contributed by atoms with Gasteiger partial charge >= 0.3 is 0 Å². The number of nitrogens with zero attached hydrogens (tertiary/aromatic N) is 1. The van der Waals surface area contributed by atoms with Crippen LogP contribution in [0.2, 0.25) is 0 Å². The number of amides is 2. The lowest BCUT2D eigenvalue weighted by Gasteiger charge is -2.16. The molecule has 0 radical (unpaired) electrons. The summed E-state index contributed by atoms with van der Waals surface area (Å²) in [6, 6.07) is 31.2. The van der Waals surface area contributed by atoms with E-state index in [2.05, 4.69) is 52.5 Å². The maximum absolute atomic E-state index is 13.3. The fraction of sp³-hybridized carbons (Fsp3) is 0.188. The third-order valence-corrected chi connectivity index (χ3v) is 7.89. The van der Waals surface area contributed by atoms with Crippen molar-refractivity contribution in [1.29, 1.82) is 0 Å². The van der Waals surface area contributed by atoms with Gasteiger partial charge in [0, 0.05) is 44.6 Å². The van der Waals surface area contributed by atoms with Crippen LogP contribution in [-0.2, 0) is 16.1 Å². The van der Waals surface area contributed by atoms with Crippen LogP contribution in [0.25, 0.3) is 21.8 Å². The molecule has 1 atom stereocenters. The van der Waals surface area contributed by atoms with Crippen LogP contribution in [0.3, 0.4) is 0 Å². The number of hydrogen-bond acceptors (Lipinski definition) is 4. The van der Waals surface area contributed by atoms with Crippen LogP contribution in [0, 0.1) is 0 Å². The summed E-state index contributed by atoms with van der Waals surface area (Å²) < 4.78 is 7.82. The number of benzene rings is 4. The molecule has 1 aromatic heterocycles. The van der Waals surface area contributed by atoms with Gasteiger partial charge in [-0.15, -0.1) is 11.8 Å². The van der Waals surface area contributed by atoms with Gasteiger partial charge < -0.3 is 19.9 Å². The van der Waals surface area contributed by atoms with E-state index >= 15 is 0 Å². The van der Waals surface area contributed by atoms with E-state index in [-0.39, 0.29) is 23.7 Å². The van der Waals surface area contributed by atoms with Crippen molar-refractivity contribution < 1.29 is 14.3 Å². The van der Waals surface area contributed by atoms with Crippen molar-refractivity contribution in [2.24, 2.45) is 0 Å². The summed E-state index contributed by atoms with van der Waals surface area (Å²) in [5.41, 5.74) is 3.80. The van der Waals surface area contributed by atoms with Crippen molar-refractivity contribution in [2.45, 2.75) is 37.0 Å². The molecule has 5 aromatic rings. The predicted molar refractivity (Wildman–Crippen MR) is 161 cm³/mol. The minimum atomic E-state index is -0.287. The summed E-state index contributed by atoms with van der Waals surface area (Å²) in [6.07, 6.45) is 0.662. The fourth-order valence-electron chi connectivity index (χ4n) is 4.69. The van der Waals surface area contributed by atoms with E-state index in [0.29, 0.717) is 17.9 Å². The Kier molecular flexibility index (Phi) is 8.18. The van der Waals surface area contributed by atoms with Crippen LogP contribution in [0.5, 0.6) is 5.75 Å². The number of aromatic nitrogens is 1. The number of aryl methyl sites for hydroxylation is 1. The Morgan fingerprint density at radius 3 is 2.33 bits per heavy atom. The van der Waals surface area contributed by atoms with E-state index in [4.69, 9.17) is 4.74 Å². The van der Waals surface area contributed by atoms with Crippen LogP contribution in [-0.4, -0.2) is 28.2 Å². The van der Waals surface area contributed by atoms with E-state index in [1.54, 1.807) is 0 Å². The molecule has 6 nitrogen and oxygen atoms in total. The van der Waals surface area contributed by atoms with Crippen LogP contribution >= 0.6 is 11.8 Å². The second kappa shape index (κ2) is 12.1. The highest BCUT2D eigenvalue weighted by Crippen LogP contribution is 2.32. The standard InChI is InChI=1S/C32H31N3O3S/c1-3-30(39-25-14-10-11-22(19-25)33-31(36)21-38-24-12-6-5-7-13-24)32(37)34-23-17-18-29-27(20-23)26-15-8-9-16-28(26)35(29)4-2/h5-20,30H,3-4,21H2,1-2H3,(H,33,36)(H,34,37). The molecule has 0 aliphatic heterocycles. The van der Waals surface area contributed by atoms with Crippen LogP contribution in [0.1, 0.15) is 20.3 Å². The lowest BCUT2D eigenvalue weighted by molar-refractivity contribution is -0.118. The zero-order valence-electron chi connectivity index (χ0n) is 22.0. The molecule has 0 bridgehead atoms. The number of ether oxygens (including phenoxy) is 1. The monoisotopic (exact) mass is 537 g/mol. The number of anilines is 2. The summed E-state index contributed by atoms with van der Waals surface area (Å²) in [5.74, 6) is 0.349. The molecule has 7 heteroatoms. The maximum Gasteiger partial charge on any atom is 0.262 e. The summed E-state index contributed by atoms with van der Waals surface area (Å²) in [6.45, 7) is 4.94. The zero-order chi connectivity index (χ0) is 27.2. The van der Waals surface area contributed by atoms with Gasteiger partial charge in [-0.2, -0.15) is 0 Å². The van der Waals surface area contributed by atoms with Crippen molar-refractivity contribution in [1.82, 2.24) is 4.57 Å². The maximum atomic E-state index is 13.3. The van der Waals surface area contributed by atoms with E-state index in [1.807, 2.05) is 73.7 Å². The van der Waals surface area contributed by atoms with Crippen molar-refractivity contribution in [2.75, 3.05) is 17.2 Å². The number of para-hydroxylation sites is 2. The molecule has 0 saturated heterocycles. The average molecular weight is 538 g/mol. The molecule has 1 unspecified atom stereocenters. The third kappa shape index (κ3) is 6.10. The largest absolute Gasteiger partial charge is 0.484 e. The molecule has 0 fully saturated rings. The molecule has 2 N–H and O–H groups in total. The van der Waals surface area contributed by atoms with Crippen molar-refractivity contribution in [3.63, 3.8) is 0 Å². The number of carbonyl (C=O) groups excluding carboxylic acids is 2. The highest BCUT2D eigenvalue weighted by Gasteiger charge is 2.19. The Hall–Kier alpha value is -4.23. The van der Waals surface area contributed by atoms with Crippen molar-refractivity contribution in [3.05, 3.63) is 97.1 Å². The first-order chi connectivity index (χ1) is 19.1. The lowest BCUT2D eigenvalue weighted by Crippen LogP contribution is -2.24. The van der Waals surface area contributed by atoms with Crippen LogP contribution < -0.4 is 15.4 Å². The normalized spacial score (nSPS) is 11.8. The Labute approximate surface area is 232 Å². The SMILES string of the molecule is CCC(Sc1cccc(NC(=O)COc2ccccc2)c1)C(=O)Nc1ccc2c(c1)c1ccccc1n2CC. The Morgan fingerprint density at radius 2 is 1.54 bits per heavy atom. The smallest absolute Gasteiger partial charge is 0.262 e. The molecule has 4 aromatic carbocycles. The molecule has 0 aliphatic carbocycles. The number of hydrogen-bond donors (Lipinski definition) is 2. The topological polar surface area (TPSA) is 72.4 Å². The summed E-state index contributed by atoms with van der Waals surface area (Å²) >= 11 is 1.48. The molecule has 198 valence electrons. The van der Waals surface area contributed by atoms with E-state index in [0.717, 1.165) is 28.0 Å². The molecule has 2 amide bonds. The van der Waals surface area contributed by atoms with E-state index < -0.39 is 0 Å². The van der Waals surface area contributed by atoms with Gasteiger partial charge in [-0.3, -0.25) is 9.59 Å². The lowest BCUT2D eigenvalue weighted by atomic mass is 10.1. The fourth-order valence-corrected chi connectivity index (χ4v) is 5.70. The number of fused-ring (bicyclic) bond motifs is 3. The van der Waals surface area contributed by atoms with E-state index in [9.17, 15) is 9.59 Å². The van der Waals surface area contributed by atoms with Crippen LogP contribution in [0.15, 0.2) is 102 Å². The molecule has 39 heavy (non-hydrogen) atoms. The Bertz CT molecular complexity index is 1610. The summed E-state index contributed by atoms with van der Waals surface area (Å²) in [5, 5.41) is 8.02. The van der Waals surface area contributed by atoms with Gasteiger partial charge in [-0.25, -0.2) is 0 Å². The molecule has 0 saturated carbocycles. The quantitative estimate of drug-likeness (QED) is 0.183. The minimum Gasteiger partial charge on any atom is -0.484 e. The average Bonchev–Trinajstić information content (AvgIpc) is 3.28. The molecule has 5 rings (SSSR count). The minimum absolute atomic E-state index is 0.0493. The first-order valence-corrected chi connectivity index (χ1v) is 14.0. The predicted octanol–water partition coefficient (Wildman–Crippen LogP) is 7.34. The highest BCUT2D eigenvalue weighted by atomic mass is 32.2. The summed E-state index contributed by atoms with van der Waals surface area (Å²) in [4.78, 5) is 26.5. The van der Waals surface area contributed by atoms with Gasteiger partial charge in [-0.05, 0) is 67.9 Å².